The lowest BCUT2D eigenvalue weighted by molar-refractivity contribution is -0.149. The van der Waals surface area contributed by atoms with Crippen molar-refractivity contribution in [2.45, 2.75) is 37.8 Å². The van der Waals surface area contributed by atoms with Crippen LogP contribution in [0, 0.1) is 5.92 Å². The Bertz CT molecular complexity index is 956. The first kappa shape index (κ1) is 23.2. The van der Waals surface area contributed by atoms with Gasteiger partial charge in [-0.15, -0.1) is 5.10 Å². The van der Waals surface area contributed by atoms with Gasteiger partial charge in [0.2, 0.25) is 11.8 Å². The number of nitrogens with zero attached hydrogens (tertiary/aromatic N) is 4. The molecule has 1 aromatic carbocycles. The number of likely N-dealkylation sites (tertiary alicyclic amines) is 1. The number of piperidine rings is 1. The van der Waals surface area contributed by atoms with E-state index in [0.29, 0.717) is 50.5 Å². The Morgan fingerprint density at radius 2 is 1.79 bits per heavy atom. The zero-order valence-corrected chi connectivity index (χ0v) is 18.1. The van der Waals surface area contributed by atoms with E-state index in [9.17, 15) is 22.8 Å². The topological polar surface area (TPSA) is 78.4 Å². The monoisotopic (exact) mass is 461 g/mol. The maximum Gasteiger partial charge on any atom is 0.389 e. The van der Waals surface area contributed by atoms with Crippen LogP contribution in [-0.2, 0) is 9.59 Å². The van der Waals surface area contributed by atoms with Crippen molar-refractivity contribution in [1.82, 2.24) is 20.4 Å². The summed E-state index contributed by atoms with van der Waals surface area (Å²) < 4.78 is 37.1. The van der Waals surface area contributed by atoms with Crippen molar-refractivity contribution in [3.63, 3.8) is 0 Å². The van der Waals surface area contributed by atoms with Gasteiger partial charge < -0.3 is 10.2 Å². The van der Waals surface area contributed by atoms with Crippen LogP contribution in [0.25, 0.3) is 0 Å². The normalized spacial score (nSPS) is 17.5. The molecule has 4 rings (SSSR count). The quantitative estimate of drug-likeness (QED) is 0.714. The minimum atomic E-state index is -4.31. The second-order valence-corrected chi connectivity index (χ2v) is 8.47. The molecule has 0 aliphatic carbocycles. The van der Waals surface area contributed by atoms with E-state index in [1.807, 2.05) is 24.3 Å². The van der Waals surface area contributed by atoms with Crippen LogP contribution in [0.1, 0.15) is 37.2 Å². The van der Waals surface area contributed by atoms with Crippen LogP contribution in [0.2, 0.25) is 0 Å². The Morgan fingerprint density at radius 3 is 2.33 bits per heavy atom. The van der Waals surface area contributed by atoms with E-state index < -0.39 is 24.9 Å². The number of aromatic nitrogens is 2. The van der Waals surface area contributed by atoms with Crippen LogP contribution in [0.3, 0.4) is 0 Å². The Labute approximate surface area is 190 Å². The fraction of sp³-hybridized carbons (Fsp3) is 0.478. The Balaban J connectivity index is 1.40. The number of benzene rings is 1. The molecule has 2 aliphatic rings. The maximum atomic E-state index is 13.0. The molecule has 0 radical (unpaired) electrons. The fourth-order valence-electron chi connectivity index (χ4n) is 4.20. The number of nitrogens with one attached hydrogen (secondary N) is 1. The van der Waals surface area contributed by atoms with Crippen molar-refractivity contribution in [3.05, 3.63) is 48.2 Å². The highest BCUT2D eigenvalue weighted by atomic mass is 19.4. The number of anilines is 2. The molecule has 1 aromatic heterocycles. The summed E-state index contributed by atoms with van der Waals surface area (Å²) in [5.74, 6) is 0.0957. The molecule has 2 fully saturated rings. The lowest BCUT2D eigenvalue weighted by Gasteiger charge is -2.33. The molecule has 0 saturated carbocycles. The summed E-state index contributed by atoms with van der Waals surface area (Å²) in [5.41, 5.74) is 1.79. The van der Waals surface area contributed by atoms with Crippen molar-refractivity contribution in [2.75, 3.05) is 31.1 Å². The molecular weight excluding hydrogens is 435 g/mol. The number of rotatable bonds is 6. The Kier molecular flexibility index (Phi) is 6.92. The van der Waals surface area contributed by atoms with E-state index in [-0.39, 0.29) is 17.7 Å². The number of amides is 2. The third kappa shape index (κ3) is 5.68. The molecule has 7 nitrogen and oxygen atoms in total. The van der Waals surface area contributed by atoms with E-state index in [2.05, 4.69) is 15.5 Å². The van der Waals surface area contributed by atoms with Crippen molar-refractivity contribution in [3.8, 4) is 0 Å². The van der Waals surface area contributed by atoms with Gasteiger partial charge in [-0.2, -0.15) is 18.3 Å². The average Bonchev–Trinajstić information content (AvgIpc) is 2.77. The van der Waals surface area contributed by atoms with Crippen molar-refractivity contribution in [1.29, 1.82) is 0 Å². The highest BCUT2D eigenvalue weighted by Gasteiger charge is 2.33. The summed E-state index contributed by atoms with van der Waals surface area (Å²) in [7, 11) is 0. The summed E-state index contributed by atoms with van der Waals surface area (Å²) in [6.45, 7) is 2.16. The largest absolute Gasteiger partial charge is 0.389 e. The minimum Gasteiger partial charge on any atom is -0.343 e. The van der Waals surface area contributed by atoms with Crippen LogP contribution in [0.5, 0.6) is 0 Å². The summed E-state index contributed by atoms with van der Waals surface area (Å²) >= 11 is 0. The second-order valence-electron chi connectivity index (χ2n) is 8.47. The van der Waals surface area contributed by atoms with Gasteiger partial charge in [-0.25, -0.2) is 0 Å². The van der Waals surface area contributed by atoms with Gasteiger partial charge in [-0.1, -0.05) is 12.1 Å². The molecule has 10 heteroatoms. The minimum absolute atomic E-state index is 0.0346. The highest BCUT2D eigenvalue weighted by Crippen LogP contribution is 2.32. The number of hydrogen-bond acceptors (Lipinski definition) is 5. The maximum absolute atomic E-state index is 13.0. The summed E-state index contributed by atoms with van der Waals surface area (Å²) in [5, 5.41) is 11.1. The zero-order valence-electron chi connectivity index (χ0n) is 18.1. The Hall–Kier alpha value is -3.01. The number of hydrogen-bond donors (Lipinski definition) is 1. The molecule has 0 atom stereocenters. The van der Waals surface area contributed by atoms with E-state index in [1.54, 1.807) is 23.2 Å². The molecule has 0 unspecified atom stereocenters. The van der Waals surface area contributed by atoms with Gasteiger partial charge in [0.25, 0.3) is 0 Å². The van der Waals surface area contributed by atoms with E-state index in [1.165, 1.54) is 4.90 Å². The van der Waals surface area contributed by atoms with Crippen LogP contribution < -0.4 is 10.2 Å². The molecule has 33 heavy (non-hydrogen) atoms. The summed E-state index contributed by atoms with van der Waals surface area (Å²) in [6.07, 6.45) is -2.95. The van der Waals surface area contributed by atoms with Crippen LogP contribution in [0.15, 0.2) is 42.6 Å². The van der Waals surface area contributed by atoms with Crippen molar-refractivity contribution < 1.29 is 22.8 Å². The van der Waals surface area contributed by atoms with Gasteiger partial charge in [0.15, 0.2) is 5.82 Å². The van der Waals surface area contributed by atoms with Gasteiger partial charge in [0, 0.05) is 38.8 Å². The average molecular weight is 461 g/mol. The van der Waals surface area contributed by atoms with Crippen molar-refractivity contribution in [2.24, 2.45) is 5.92 Å². The molecule has 0 spiro atoms. The van der Waals surface area contributed by atoms with Gasteiger partial charge in [0.1, 0.15) is 0 Å². The molecule has 176 valence electrons. The van der Waals surface area contributed by atoms with E-state index >= 15 is 0 Å². The number of halogens is 3. The first-order chi connectivity index (χ1) is 15.8. The zero-order chi connectivity index (χ0) is 23.4. The molecule has 2 aliphatic heterocycles. The first-order valence-corrected chi connectivity index (χ1v) is 11.1. The lowest BCUT2D eigenvalue weighted by atomic mass is 9.89. The first-order valence-electron chi connectivity index (χ1n) is 11.1. The van der Waals surface area contributed by atoms with Gasteiger partial charge >= 0.3 is 6.18 Å². The van der Waals surface area contributed by atoms with Crippen molar-refractivity contribution >= 4 is 23.3 Å². The fourth-order valence-corrected chi connectivity index (χ4v) is 4.20. The standard InChI is InChI=1S/C23H26F3N5O2/c24-23(25,26)10-7-21(32)30-12-8-17(9-13-30)16-3-5-19(6-4-16)31(20-2-1-11-28-29-20)22(33)18-14-27-15-18/h1-6,11,17-18,27H,7-10,12-15H2. The third-order valence-corrected chi connectivity index (χ3v) is 6.23. The predicted octanol–water partition coefficient (Wildman–Crippen LogP) is 3.41. The van der Waals surface area contributed by atoms with Gasteiger partial charge in [-0.3, -0.25) is 14.5 Å². The van der Waals surface area contributed by atoms with E-state index in [0.717, 1.165) is 5.56 Å². The van der Waals surface area contributed by atoms with E-state index in [4.69, 9.17) is 0 Å². The van der Waals surface area contributed by atoms with Crippen LogP contribution >= 0.6 is 0 Å². The number of alkyl halides is 3. The smallest absolute Gasteiger partial charge is 0.343 e. The second kappa shape index (κ2) is 9.86. The molecule has 0 bridgehead atoms. The van der Waals surface area contributed by atoms with Gasteiger partial charge in [0.05, 0.1) is 18.0 Å². The molecule has 3 heterocycles. The highest BCUT2D eigenvalue weighted by molar-refractivity contribution is 6.01. The van der Waals surface area contributed by atoms with Gasteiger partial charge in [-0.05, 0) is 48.6 Å². The lowest BCUT2D eigenvalue weighted by Crippen LogP contribution is -2.51. The molecular formula is C23H26F3N5O2. The summed E-state index contributed by atoms with van der Waals surface area (Å²) in [4.78, 5) is 28.2. The SMILES string of the molecule is O=C(CCC(F)(F)F)N1CCC(c2ccc(N(C(=O)C3CNC3)c3cccnn3)cc2)CC1. The Morgan fingerprint density at radius 1 is 1.09 bits per heavy atom. The molecule has 1 N–H and O–H groups in total. The van der Waals surface area contributed by atoms with Crippen LogP contribution in [0.4, 0.5) is 24.7 Å². The summed E-state index contributed by atoms with van der Waals surface area (Å²) in [6, 6.07) is 11.2. The third-order valence-electron chi connectivity index (χ3n) is 6.23. The molecule has 2 saturated heterocycles. The predicted molar refractivity (Wildman–Crippen MR) is 116 cm³/mol. The number of carbonyl (C=O) groups excluding carboxylic acids is 2. The number of carbonyl (C=O) groups is 2. The molecule has 2 amide bonds. The molecule has 2 aromatic rings. The van der Waals surface area contributed by atoms with Crippen LogP contribution in [-0.4, -0.2) is 59.3 Å².